The number of hydrogen-bond acceptors (Lipinski definition) is 3. The van der Waals surface area contributed by atoms with E-state index in [1.54, 1.807) is 4.90 Å². The Bertz CT molecular complexity index is 535. The Balaban J connectivity index is 2.07. The predicted molar refractivity (Wildman–Crippen MR) is 71.4 cm³/mol. The van der Waals surface area contributed by atoms with Gasteiger partial charge in [0.15, 0.2) is 0 Å². The topological polar surface area (TPSA) is 61.0 Å². The van der Waals surface area contributed by atoms with Gasteiger partial charge in [0.05, 0.1) is 17.6 Å². The molecule has 1 aromatic heterocycles. The van der Waals surface area contributed by atoms with Gasteiger partial charge in [0, 0.05) is 25.5 Å². The van der Waals surface area contributed by atoms with Gasteiger partial charge in [0.1, 0.15) is 0 Å². The summed E-state index contributed by atoms with van der Waals surface area (Å²) in [5.41, 5.74) is 1.78. The summed E-state index contributed by atoms with van der Waals surface area (Å²) in [6.07, 6.45) is 0.362. The van der Waals surface area contributed by atoms with Crippen molar-refractivity contribution >= 4 is 16.8 Å². The number of para-hydroxylation sites is 1. The number of benzene rings is 1. The van der Waals surface area contributed by atoms with E-state index in [0.717, 1.165) is 23.1 Å². The number of fused-ring (bicyclic) bond motifs is 1. The van der Waals surface area contributed by atoms with E-state index in [2.05, 4.69) is 15.5 Å². The number of nitrogens with zero attached hydrogens (tertiary/aromatic N) is 2. The summed E-state index contributed by atoms with van der Waals surface area (Å²) in [5.74, 6) is 0.0969. The van der Waals surface area contributed by atoms with Crippen molar-refractivity contribution in [3.05, 3.63) is 30.0 Å². The van der Waals surface area contributed by atoms with Crippen LogP contribution in [0.3, 0.4) is 0 Å². The number of aromatic amines is 1. The lowest BCUT2D eigenvalue weighted by molar-refractivity contribution is -0.129. The summed E-state index contributed by atoms with van der Waals surface area (Å²) in [4.78, 5) is 13.7. The Labute approximate surface area is 106 Å². The van der Waals surface area contributed by atoms with Crippen molar-refractivity contribution in [1.82, 2.24) is 20.4 Å². The van der Waals surface area contributed by atoms with Gasteiger partial charge < -0.3 is 10.2 Å². The maximum atomic E-state index is 12.0. The second-order valence-corrected chi connectivity index (χ2v) is 4.31. The fraction of sp³-hybridized carbons (Fsp3) is 0.385. The summed E-state index contributed by atoms with van der Waals surface area (Å²) in [5, 5.41) is 11.2. The van der Waals surface area contributed by atoms with Gasteiger partial charge in [-0.25, -0.2) is 0 Å². The maximum Gasteiger partial charge on any atom is 0.228 e. The molecule has 0 aliphatic rings. The molecule has 0 spiro atoms. The number of amides is 1. The molecular weight excluding hydrogens is 228 g/mol. The highest BCUT2D eigenvalue weighted by atomic mass is 16.2. The van der Waals surface area contributed by atoms with Crippen LogP contribution in [0.15, 0.2) is 24.3 Å². The molecule has 0 unspecified atom stereocenters. The Morgan fingerprint density at radius 2 is 2.22 bits per heavy atom. The van der Waals surface area contributed by atoms with Crippen molar-refractivity contribution in [3.63, 3.8) is 0 Å². The number of likely N-dealkylation sites (N-methyl/N-ethyl adjacent to an activating group) is 2. The van der Waals surface area contributed by atoms with E-state index in [-0.39, 0.29) is 5.91 Å². The smallest absolute Gasteiger partial charge is 0.228 e. The summed E-state index contributed by atoms with van der Waals surface area (Å²) >= 11 is 0. The lowest BCUT2D eigenvalue weighted by atomic mass is 10.1. The standard InChI is InChI=1S/C13H18N4O/c1-14-7-8-17(2)13(18)9-12-10-5-3-4-6-11(10)15-16-12/h3-6,14H,7-9H2,1-2H3,(H,15,16). The van der Waals surface area contributed by atoms with E-state index >= 15 is 0 Å². The van der Waals surface area contributed by atoms with Crippen molar-refractivity contribution in [2.45, 2.75) is 6.42 Å². The van der Waals surface area contributed by atoms with Gasteiger partial charge in [-0.2, -0.15) is 5.10 Å². The molecule has 0 radical (unpaired) electrons. The summed E-state index contributed by atoms with van der Waals surface area (Å²) in [6, 6.07) is 7.81. The molecule has 18 heavy (non-hydrogen) atoms. The molecule has 0 bridgehead atoms. The number of rotatable bonds is 5. The monoisotopic (exact) mass is 246 g/mol. The normalized spacial score (nSPS) is 10.8. The van der Waals surface area contributed by atoms with Gasteiger partial charge >= 0.3 is 0 Å². The number of nitrogens with one attached hydrogen (secondary N) is 2. The molecular formula is C13H18N4O. The highest BCUT2D eigenvalue weighted by Gasteiger charge is 2.12. The number of hydrogen-bond donors (Lipinski definition) is 2. The minimum Gasteiger partial charge on any atom is -0.344 e. The number of carbonyl (C=O) groups is 1. The van der Waals surface area contributed by atoms with E-state index in [4.69, 9.17) is 0 Å². The molecule has 0 atom stereocenters. The molecule has 1 amide bonds. The third-order valence-electron chi connectivity index (χ3n) is 2.99. The van der Waals surface area contributed by atoms with E-state index in [1.807, 2.05) is 38.4 Å². The molecule has 1 heterocycles. The lowest BCUT2D eigenvalue weighted by Gasteiger charge is -2.16. The first-order valence-electron chi connectivity index (χ1n) is 6.03. The van der Waals surface area contributed by atoms with Gasteiger partial charge in [-0.05, 0) is 13.1 Å². The molecule has 5 nitrogen and oxygen atoms in total. The first kappa shape index (κ1) is 12.6. The minimum absolute atomic E-state index is 0.0969. The molecule has 96 valence electrons. The van der Waals surface area contributed by atoms with Crippen molar-refractivity contribution in [2.24, 2.45) is 0 Å². The molecule has 2 aromatic rings. The highest BCUT2D eigenvalue weighted by molar-refractivity contribution is 5.87. The zero-order chi connectivity index (χ0) is 13.0. The second-order valence-electron chi connectivity index (χ2n) is 4.31. The van der Waals surface area contributed by atoms with Crippen LogP contribution < -0.4 is 5.32 Å². The molecule has 0 saturated heterocycles. The van der Waals surface area contributed by atoms with Gasteiger partial charge in [0.2, 0.25) is 5.91 Å². The summed E-state index contributed by atoms with van der Waals surface area (Å²) < 4.78 is 0. The van der Waals surface area contributed by atoms with Crippen LogP contribution in [0.1, 0.15) is 5.69 Å². The third-order valence-corrected chi connectivity index (χ3v) is 2.99. The molecule has 2 rings (SSSR count). The number of H-pyrrole nitrogens is 1. The summed E-state index contributed by atoms with van der Waals surface area (Å²) in [6.45, 7) is 1.51. The number of aromatic nitrogens is 2. The largest absolute Gasteiger partial charge is 0.344 e. The van der Waals surface area contributed by atoms with Crippen molar-refractivity contribution in [2.75, 3.05) is 27.2 Å². The van der Waals surface area contributed by atoms with Crippen molar-refractivity contribution in [3.8, 4) is 0 Å². The van der Waals surface area contributed by atoms with Crippen LogP contribution in [0.5, 0.6) is 0 Å². The fourth-order valence-corrected chi connectivity index (χ4v) is 1.84. The first-order valence-corrected chi connectivity index (χ1v) is 6.03. The predicted octanol–water partition coefficient (Wildman–Crippen LogP) is 0.783. The van der Waals surface area contributed by atoms with Crippen LogP contribution in [0.4, 0.5) is 0 Å². The Hall–Kier alpha value is -1.88. The molecule has 0 aliphatic carbocycles. The summed E-state index contributed by atoms with van der Waals surface area (Å²) in [7, 11) is 3.69. The first-order chi connectivity index (χ1) is 8.72. The van der Waals surface area contributed by atoms with E-state index in [0.29, 0.717) is 13.0 Å². The van der Waals surface area contributed by atoms with Crippen molar-refractivity contribution < 1.29 is 4.79 Å². The van der Waals surface area contributed by atoms with Crippen LogP contribution in [0.25, 0.3) is 10.9 Å². The van der Waals surface area contributed by atoms with Gasteiger partial charge in [0.25, 0.3) is 0 Å². The van der Waals surface area contributed by atoms with Crippen LogP contribution in [-0.4, -0.2) is 48.2 Å². The fourth-order valence-electron chi connectivity index (χ4n) is 1.84. The van der Waals surface area contributed by atoms with Crippen LogP contribution in [0, 0.1) is 0 Å². The molecule has 1 aromatic carbocycles. The Kier molecular flexibility index (Phi) is 3.94. The molecule has 2 N–H and O–H groups in total. The van der Waals surface area contributed by atoms with Crippen LogP contribution in [-0.2, 0) is 11.2 Å². The lowest BCUT2D eigenvalue weighted by Crippen LogP contribution is -2.33. The van der Waals surface area contributed by atoms with Gasteiger partial charge in [-0.15, -0.1) is 0 Å². The van der Waals surface area contributed by atoms with Gasteiger partial charge in [-0.3, -0.25) is 9.89 Å². The molecule has 0 saturated carbocycles. The molecule has 0 aliphatic heterocycles. The van der Waals surface area contributed by atoms with E-state index in [1.165, 1.54) is 0 Å². The Morgan fingerprint density at radius 1 is 1.44 bits per heavy atom. The van der Waals surface area contributed by atoms with Gasteiger partial charge in [-0.1, -0.05) is 18.2 Å². The van der Waals surface area contributed by atoms with E-state index in [9.17, 15) is 4.79 Å². The quantitative estimate of drug-likeness (QED) is 0.819. The van der Waals surface area contributed by atoms with E-state index < -0.39 is 0 Å². The molecule has 0 fully saturated rings. The van der Waals surface area contributed by atoms with Crippen LogP contribution in [0.2, 0.25) is 0 Å². The average molecular weight is 246 g/mol. The number of carbonyl (C=O) groups excluding carboxylic acids is 1. The minimum atomic E-state index is 0.0969. The highest BCUT2D eigenvalue weighted by Crippen LogP contribution is 2.15. The Morgan fingerprint density at radius 3 is 3.00 bits per heavy atom. The average Bonchev–Trinajstić information content (AvgIpc) is 2.79. The zero-order valence-electron chi connectivity index (χ0n) is 10.7. The zero-order valence-corrected chi connectivity index (χ0v) is 10.7. The third kappa shape index (κ3) is 2.68. The maximum absolute atomic E-state index is 12.0. The van der Waals surface area contributed by atoms with Crippen LogP contribution >= 0.6 is 0 Å². The second kappa shape index (κ2) is 5.64. The molecule has 5 heteroatoms. The SMILES string of the molecule is CNCCN(C)C(=O)Cc1[nH]nc2ccccc12. The van der Waals surface area contributed by atoms with Crippen molar-refractivity contribution in [1.29, 1.82) is 0 Å².